The van der Waals surface area contributed by atoms with Gasteiger partial charge in [0, 0.05) is 35.1 Å². The van der Waals surface area contributed by atoms with Crippen LogP contribution in [0.1, 0.15) is 10.4 Å². The number of nitrogens with one attached hydrogen (secondary N) is 1. The van der Waals surface area contributed by atoms with Crippen molar-refractivity contribution in [1.29, 1.82) is 0 Å². The number of para-hydroxylation sites is 1. The van der Waals surface area contributed by atoms with Gasteiger partial charge in [-0.2, -0.15) is 0 Å². The molecule has 0 saturated heterocycles. The van der Waals surface area contributed by atoms with Crippen molar-refractivity contribution >= 4 is 33.3 Å². The van der Waals surface area contributed by atoms with Crippen molar-refractivity contribution in [2.45, 2.75) is 0 Å². The summed E-state index contributed by atoms with van der Waals surface area (Å²) in [4.78, 5) is 17.1. The normalized spacial score (nSPS) is 10.9. The lowest BCUT2D eigenvalue weighted by molar-refractivity contribution is 0.102. The second kappa shape index (κ2) is 5.94. The number of carbonyl (C=O) groups excluding carboxylic acids is 1. The molecule has 0 atom stereocenters. The molecule has 2 aromatic heterocycles. The number of carbonyl (C=O) groups is 1. The first-order chi connectivity index (χ1) is 11.7. The summed E-state index contributed by atoms with van der Waals surface area (Å²) in [7, 11) is 1.94. The third-order valence-corrected chi connectivity index (χ3v) is 4.69. The Kier molecular flexibility index (Phi) is 3.63. The molecule has 0 spiro atoms. The van der Waals surface area contributed by atoms with Crippen molar-refractivity contribution in [2.75, 3.05) is 5.32 Å². The van der Waals surface area contributed by atoms with E-state index in [1.54, 1.807) is 0 Å². The fraction of sp³-hybridized carbons (Fsp3) is 0.0526. The molecular formula is C19H15N3OS. The van der Waals surface area contributed by atoms with E-state index in [0.717, 1.165) is 22.2 Å². The summed E-state index contributed by atoms with van der Waals surface area (Å²) < 4.78 is 1.96. The molecule has 0 unspecified atom stereocenters. The summed E-state index contributed by atoms with van der Waals surface area (Å²) in [6.07, 6.45) is 1.85. The molecule has 4 aromatic rings. The number of rotatable bonds is 3. The molecule has 2 aromatic carbocycles. The molecule has 0 saturated carbocycles. The molecule has 0 radical (unpaired) electrons. The van der Waals surface area contributed by atoms with Gasteiger partial charge in [0.1, 0.15) is 0 Å². The average molecular weight is 333 g/mol. The second-order valence-corrected chi connectivity index (χ2v) is 6.39. The number of anilines is 1. The maximum atomic E-state index is 12.6. The van der Waals surface area contributed by atoms with Gasteiger partial charge in [-0.1, -0.05) is 48.5 Å². The van der Waals surface area contributed by atoms with Crippen LogP contribution in [0.2, 0.25) is 0 Å². The molecule has 2 heterocycles. The summed E-state index contributed by atoms with van der Waals surface area (Å²) in [6, 6.07) is 17.8. The maximum Gasteiger partial charge on any atom is 0.259 e. The quantitative estimate of drug-likeness (QED) is 0.598. The lowest BCUT2D eigenvalue weighted by Crippen LogP contribution is -2.11. The number of nitrogens with zero attached hydrogens (tertiary/aromatic N) is 2. The van der Waals surface area contributed by atoms with Crippen LogP contribution in [0.4, 0.5) is 5.13 Å². The Labute approximate surface area is 143 Å². The van der Waals surface area contributed by atoms with Gasteiger partial charge < -0.3 is 4.57 Å². The summed E-state index contributed by atoms with van der Waals surface area (Å²) in [5, 5.41) is 6.41. The highest BCUT2D eigenvalue weighted by atomic mass is 32.1. The molecule has 4 nitrogen and oxygen atoms in total. The van der Waals surface area contributed by atoms with Crippen molar-refractivity contribution in [1.82, 2.24) is 9.55 Å². The SMILES string of the molecule is Cn1cc(C(=O)Nc2nc(-c3ccccc3)cs2)c2ccccc21. The molecule has 5 heteroatoms. The van der Waals surface area contributed by atoms with Gasteiger partial charge in [-0.3, -0.25) is 10.1 Å². The van der Waals surface area contributed by atoms with E-state index < -0.39 is 0 Å². The van der Waals surface area contributed by atoms with Crippen molar-refractivity contribution in [3.8, 4) is 11.3 Å². The fourth-order valence-corrected chi connectivity index (χ4v) is 3.47. The molecule has 0 aliphatic carbocycles. The van der Waals surface area contributed by atoms with Crippen LogP contribution in [0.25, 0.3) is 22.2 Å². The molecule has 24 heavy (non-hydrogen) atoms. The zero-order chi connectivity index (χ0) is 16.5. The van der Waals surface area contributed by atoms with Gasteiger partial charge in [0.2, 0.25) is 0 Å². The van der Waals surface area contributed by atoms with Crippen LogP contribution < -0.4 is 5.32 Å². The molecular weight excluding hydrogens is 318 g/mol. The highest BCUT2D eigenvalue weighted by Gasteiger charge is 2.15. The smallest absolute Gasteiger partial charge is 0.259 e. The average Bonchev–Trinajstić information content (AvgIpc) is 3.21. The predicted molar refractivity (Wildman–Crippen MR) is 98.4 cm³/mol. The molecule has 118 valence electrons. The van der Waals surface area contributed by atoms with Crippen molar-refractivity contribution in [3.63, 3.8) is 0 Å². The van der Waals surface area contributed by atoms with E-state index in [0.29, 0.717) is 10.7 Å². The molecule has 0 aliphatic rings. The summed E-state index contributed by atoms with van der Waals surface area (Å²) >= 11 is 1.43. The summed E-state index contributed by atoms with van der Waals surface area (Å²) in [5.74, 6) is -0.138. The van der Waals surface area contributed by atoms with Gasteiger partial charge in [0.05, 0.1) is 11.3 Å². The maximum absolute atomic E-state index is 12.6. The van der Waals surface area contributed by atoms with Gasteiger partial charge in [0.25, 0.3) is 5.91 Å². The van der Waals surface area contributed by atoms with E-state index in [4.69, 9.17) is 0 Å². The first-order valence-corrected chi connectivity index (χ1v) is 8.47. The van der Waals surface area contributed by atoms with Crippen LogP contribution in [0.5, 0.6) is 0 Å². The van der Waals surface area contributed by atoms with Crippen LogP contribution in [0.3, 0.4) is 0 Å². The van der Waals surface area contributed by atoms with Crippen LogP contribution in [-0.2, 0) is 7.05 Å². The largest absolute Gasteiger partial charge is 0.350 e. The lowest BCUT2D eigenvalue weighted by atomic mass is 10.1. The number of fused-ring (bicyclic) bond motifs is 1. The van der Waals surface area contributed by atoms with E-state index in [9.17, 15) is 4.79 Å². The lowest BCUT2D eigenvalue weighted by Gasteiger charge is -2.00. The fourth-order valence-electron chi connectivity index (χ4n) is 2.76. The van der Waals surface area contributed by atoms with Crippen LogP contribution in [0, 0.1) is 0 Å². The Morgan fingerprint density at radius 3 is 2.67 bits per heavy atom. The van der Waals surface area contributed by atoms with Crippen LogP contribution in [0.15, 0.2) is 66.2 Å². The third kappa shape index (κ3) is 2.59. The van der Waals surface area contributed by atoms with Crippen molar-refractivity contribution in [3.05, 3.63) is 71.7 Å². The van der Waals surface area contributed by atoms with Gasteiger partial charge in [-0.05, 0) is 6.07 Å². The van der Waals surface area contributed by atoms with Gasteiger partial charge in [-0.25, -0.2) is 4.98 Å². The highest BCUT2D eigenvalue weighted by Crippen LogP contribution is 2.26. The molecule has 1 N–H and O–H groups in total. The Morgan fingerprint density at radius 1 is 1.08 bits per heavy atom. The van der Waals surface area contributed by atoms with E-state index in [2.05, 4.69) is 10.3 Å². The Balaban J connectivity index is 1.61. The van der Waals surface area contributed by atoms with Gasteiger partial charge >= 0.3 is 0 Å². The van der Waals surface area contributed by atoms with Crippen LogP contribution >= 0.6 is 11.3 Å². The molecule has 0 bridgehead atoms. The van der Waals surface area contributed by atoms with Gasteiger partial charge in [0.15, 0.2) is 5.13 Å². The topological polar surface area (TPSA) is 46.9 Å². The third-order valence-electron chi connectivity index (χ3n) is 3.94. The number of aryl methyl sites for hydroxylation is 1. The zero-order valence-electron chi connectivity index (χ0n) is 13.1. The Morgan fingerprint density at radius 2 is 1.83 bits per heavy atom. The number of benzene rings is 2. The number of hydrogen-bond acceptors (Lipinski definition) is 3. The minimum atomic E-state index is -0.138. The van der Waals surface area contributed by atoms with E-state index >= 15 is 0 Å². The zero-order valence-corrected chi connectivity index (χ0v) is 13.9. The predicted octanol–water partition coefficient (Wildman–Crippen LogP) is 4.55. The molecule has 1 amide bonds. The van der Waals surface area contributed by atoms with Crippen molar-refractivity contribution in [2.24, 2.45) is 7.05 Å². The summed E-state index contributed by atoms with van der Waals surface area (Å²) in [6.45, 7) is 0. The molecule has 0 fully saturated rings. The standard InChI is InChI=1S/C19H15N3OS/c1-22-11-15(14-9-5-6-10-17(14)22)18(23)21-19-20-16(12-24-19)13-7-3-2-4-8-13/h2-12H,1H3,(H,20,21,23). The minimum absolute atomic E-state index is 0.138. The van der Waals surface area contributed by atoms with E-state index in [1.807, 2.05) is 77.8 Å². The van der Waals surface area contributed by atoms with Gasteiger partial charge in [-0.15, -0.1) is 11.3 Å². The molecule has 4 rings (SSSR count). The number of aromatic nitrogens is 2. The van der Waals surface area contributed by atoms with Crippen molar-refractivity contribution < 1.29 is 4.79 Å². The minimum Gasteiger partial charge on any atom is -0.350 e. The summed E-state index contributed by atoms with van der Waals surface area (Å²) in [5.41, 5.74) is 3.60. The number of thiazole rings is 1. The Bertz CT molecular complexity index is 1020. The second-order valence-electron chi connectivity index (χ2n) is 5.53. The van der Waals surface area contributed by atoms with E-state index in [-0.39, 0.29) is 5.91 Å². The van der Waals surface area contributed by atoms with Crippen LogP contribution in [-0.4, -0.2) is 15.5 Å². The monoisotopic (exact) mass is 333 g/mol. The first kappa shape index (κ1) is 14.7. The Hall–Kier alpha value is -2.92. The first-order valence-electron chi connectivity index (χ1n) is 7.59. The highest BCUT2D eigenvalue weighted by molar-refractivity contribution is 7.14. The van der Waals surface area contributed by atoms with E-state index in [1.165, 1.54) is 11.3 Å². The molecule has 0 aliphatic heterocycles. The number of hydrogen-bond donors (Lipinski definition) is 1. The number of amides is 1.